The van der Waals surface area contributed by atoms with Gasteiger partial charge in [-0.3, -0.25) is 0 Å². The summed E-state index contributed by atoms with van der Waals surface area (Å²) in [4.78, 5) is 0. The van der Waals surface area contributed by atoms with Crippen LogP contribution in [0, 0.1) is 0 Å². The summed E-state index contributed by atoms with van der Waals surface area (Å²) >= 11 is 0. The SMILES string of the molecule is O=S(=O)(Cc1ccccc1)NCc1ccc(O)cc1. The lowest BCUT2D eigenvalue weighted by molar-refractivity contribution is 0.475. The van der Waals surface area contributed by atoms with Gasteiger partial charge in [-0.25, -0.2) is 13.1 Å². The number of hydrogen-bond donors (Lipinski definition) is 2. The molecular weight excluding hydrogens is 262 g/mol. The highest BCUT2D eigenvalue weighted by molar-refractivity contribution is 7.88. The van der Waals surface area contributed by atoms with Crippen LogP contribution in [0.2, 0.25) is 0 Å². The van der Waals surface area contributed by atoms with Gasteiger partial charge in [-0.1, -0.05) is 42.5 Å². The molecule has 2 N–H and O–H groups in total. The molecule has 4 nitrogen and oxygen atoms in total. The smallest absolute Gasteiger partial charge is 0.216 e. The van der Waals surface area contributed by atoms with Gasteiger partial charge in [0.1, 0.15) is 5.75 Å². The second-order valence-corrected chi connectivity index (χ2v) is 6.04. The van der Waals surface area contributed by atoms with E-state index in [4.69, 9.17) is 5.11 Å². The molecule has 2 aromatic carbocycles. The van der Waals surface area contributed by atoms with Crippen LogP contribution in [-0.2, 0) is 22.3 Å². The Labute approximate surface area is 112 Å². The van der Waals surface area contributed by atoms with Gasteiger partial charge in [0.25, 0.3) is 0 Å². The van der Waals surface area contributed by atoms with Crippen molar-refractivity contribution < 1.29 is 13.5 Å². The Bertz CT molecular complexity index is 622. The molecular formula is C14H15NO3S. The van der Waals surface area contributed by atoms with Gasteiger partial charge in [0.05, 0.1) is 5.75 Å². The molecule has 0 aliphatic carbocycles. The number of nitrogens with one attached hydrogen (secondary N) is 1. The van der Waals surface area contributed by atoms with Gasteiger partial charge in [0.2, 0.25) is 10.0 Å². The first-order valence-electron chi connectivity index (χ1n) is 5.84. The summed E-state index contributed by atoms with van der Waals surface area (Å²) in [6.07, 6.45) is 0. The van der Waals surface area contributed by atoms with E-state index in [-0.39, 0.29) is 18.0 Å². The van der Waals surface area contributed by atoms with Crippen molar-refractivity contribution >= 4 is 10.0 Å². The van der Waals surface area contributed by atoms with E-state index in [0.29, 0.717) is 0 Å². The maximum absolute atomic E-state index is 11.9. The molecule has 0 spiro atoms. The van der Waals surface area contributed by atoms with E-state index in [1.807, 2.05) is 18.2 Å². The standard InChI is InChI=1S/C14H15NO3S/c16-14-8-6-12(7-9-14)10-15-19(17,18)11-13-4-2-1-3-5-13/h1-9,15-16H,10-11H2. The number of hydrogen-bond acceptors (Lipinski definition) is 3. The lowest BCUT2D eigenvalue weighted by Crippen LogP contribution is -2.24. The first-order chi connectivity index (χ1) is 9.05. The average Bonchev–Trinajstić information content (AvgIpc) is 2.39. The molecule has 0 unspecified atom stereocenters. The summed E-state index contributed by atoms with van der Waals surface area (Å²) in [6, 6.07) is 15.4. The zero-order valence-electron chi connectivity index (χ0n) is 10.3. The Morgan fingerprint density at radius 2 is 1.53 bits per heavy atom. The summed E-state index contributed by atoms with van der Waals surface area (Å²) in [5, 5.41) is 9.14. The second-order valence-electron chi connectivity index (χ2n) is 4.23. The van der Waals surface area contributed by atoms with Gasteiger partial charge < -0.3 is 5.11 Å². The molecule has 0 bridgehead atoms. The van der Waals surface area contributed by atoms with Crippen molar-refractivity contribution in [3.8, 4) is 5.75 Å². The summed E-state index contributed by atoms with van der Waals surface area (Å²) in [5.74, 6) is 0.127. The third-order valence-electron chi connectivity index (χ3n) is 2.63. The normalized spacial score (nSPS) is 11.4. The summed E-state index contributed by atoms with van der Waals surface area (Å²) in [6.45, 7) is 0.218. The van der Waals surface area contributed by atoms with Crippen molar-refractivity contribution in [2.75, 3.05) is 0 Å². The second kappa shape index (κ2) is 5.86. The molecule has 2 rings (SSSR count). The summed E-state index contributed by atoms with van der Waals surface area (Å²) < 4.78 is 26.3. The molecule has 5 heteroatoms. The molecule has 0 aliphatic heterocycles. The molecule has 19 heavy (non-hydrogen) atoms. The van der Waals surface area contributed by atoms with Gasteiger partial charge in [-0.15, -0.1) is 0 Å². The first-order valence-corrected chi connectivity index (χ1v) is 7.49. The molecule has 2 aromatic rings. The lowest BCUT2D eigenvalue weighted by Gasteiger charge is -2.07. The van der Waals surface area contributed by atoms with Crippen LogP contribution < -0.4 is 4.72 Å². The number of sulfonamides is 1. The topological polar surface area (TPSA) is 66.4 Å². The summed E-state index contributed by atoms with van der Waals surface area (Å²) in [5.41, 5.74) is 1.55. The van der Waals surface area contributed by atoms with Crippen LogP contribution in [0.25, 0.3) is 0 Å². The molecule has 0 saturated heterocycles. The van der Waals surface area contributed by atoms with Crippen LogP contribution in [0.15, 0.2) is 54.6 Å². The van der Waals surface area contributed by atoms with Crippen molar-refractivity contribution in [2.24, 2.45) is 0 Å². The molecule has 0 fully saturated rings. The van der Waals surface area contributed by atoms with Crippen molar-refractivity contribution in [2.45, 2.75) is 12.3 Å². The number of benzene rings is 2. The first kappa shape index (κ1) is 13.6. The lowest BCUT2D eigenvalue weighted by atomic mass is 10.2. The number of phenolic OH excluding ortho intramolecular Hbond substituents is 1. The van der Waals surface area contributed by atoms with E-state index in [1.165, 1.54) is 12.1 Å². The monoisotopic (exact) mass is 277 g/mol. The third kappa shape index (κ3) is 4.39. The molecule has 0 saturated carbocycles. The van der Waals surface area contributed by atoms with Crippen molar-refractivity contribution in [1.29, 1.82) is 0 Å². The van der Waals surface area contributed by atoms with E-state index < -0.39 is 10.0 Å². The Hall–Kier alpha value is -1.85. The Morgan fingerprint density at radius 3 is 2.16 bits per heavy atom. The zero-order valence-corrected chi connectivity index (χ0v) is 11.1. The average molecular weight is 277 g/mol. The fourth-order valence-electron chi connectivity index (χ4n) is 1.65. The number of phenols is 1. The van der Waals surface area contributed by atoms with Crippen LogP contribution in [0.5, 0.6) is 5.75 Å². The third-order valence-corrected chi connectivity index (χ3v) is 3.93. The Kier molecular flexibility index (Phi) is 4.19. The predicted octanol–water partition coefficient (Wildman–Crippen LogP) is 2.01. The van der Waals surface area contributed by atoms with Crippen molar-refractivity contribution in [3.63, 3.8) is 0 Å². The minimum absolute atomic E-state index is 0.0358. The molecule has 0 atom stereocenters. The van der Waals surface area contributed by atoms with E-state index in [2.05, 4.69) is 4.72 Å². The Morgan fingerprint density at radius 1 is 0.895 bits per heavy atom. The van der Waals surface area contributed by atoms with E-state index in [0.717, 1.165) is 11.1 Å². The van der Waals surface area contributed by atoms with Gasteiger partial charge in [-0.05, 0) is 23.3 Å². The van der Waals surface area contributed by atoms with Crippen LogP contribution in [0.1, 0.15) is 11.1 Å². The fourth-order valence-corrected chi connectivity index (χ4v) is 2.77. The fraction of sp³-hybridized carbons (Fsp3) is 0.143. The van der Waals surface area contributed by atoms with Gasteiger partial charge in [-0.2, -0.15) is 0 Å². The molecule has 0 aliphatic rings. The highest BCUT2D eigenvalue weighted by atomic mass is 32.2. The van der Waals surface area contributed by atoms with Crippen molar-refractivity contribution in [3.05, 3.63) is 65.7 Å². The van der Waals surface area contributed by atoms with Crippen LogP contribution >= 0.6 is 0 Å². The Balaban J connectivity index is 1.96. The molecule has 0 aromatic heterocycles. The highest BCUT2D eigenvalue weighted by Gasteiger charge is 2.10. The molecule has 0 heterocycles. The largest absolute Gasteiger partial charge is 0.508 e. The number of aromatic hydroxyl groups is 1. The zero-order chi connectivity index (χ0) is 13.7. The van der Waals surface area contributed by atoms with Gasteiger partial charge >= 0.3 is 0 Å². The quantitative estimate of drug-likeness (QED) is 0.878. The summed E-state index contributed by atoms with van der Waals surface area (Å²) in [7, 11) is -3.36. The minimum Gasteiger partial charge on any atom is -0.508 e. The van der Waals surface area contributed by atoms with Crippen molar-refractivity contribution in [1.82, 2.24) is 4.72 Å². The van der Waals surface area contributed by atoms with E-state index in [9.17, 15) is 8.42 Å². The highest BCUT2D eigenvalue weighted by Crippen LogP contribution is 2.10. The van der Waals surface area contributed by atoms with Gasteiger partial charge in [0.15, 0.2) is 0 Å². The van der Waals surface area contributed by atoms with Crippen LogP contribution in [0.4, 0.5) is 0 Å². The maximum Gasteiger partial charge on any atom is 0.216 e. The van der Waals surface area contributed by atoms with Crippen LogP contribution in [0.3, 0.4) is 0 Å². The molecule has 100 valence electrons. The minimum atomic E-state index is -3.36. The molecule has 0 amide bonds. The van der Waals surface area contributed by atoms with Gasteiger partial charge in [0, 0.05) is 6.54 Å². The number of rotatable bonds is 5. The maximum atomic E-state index is 11.9. The predicted molar refractivity (Wildman–Crippen MR) is 74.0 cm³/mol. The van der Waals surface area contributed by atoms with E-state index in [1.54, 1.807) is 24.3 Å². The van der Waals surface area contributed by atoms with Crippen LogP contribution in [-0.4, -0.2) is 13.5 Å². The van der Waals surface area contributed by atoms with E-state index >= 15 is 0 Å². The molecule has 0 radical (unpaired) electrons.